The lowest BCUT2D eigenvalue weighted by Crippen LogP contribution is -2.38. The van der Waals surface area contributed by atoms with Gasteiger partial charge < -0.3 is 4.98 Å². The van der Waals surface area contributed by atoms with Gasteiger partial charge in [0.2, 0.25) is 10.0 Å². The van der Waals surface area contributed by atoms with E-state index in [0.717, 1.165) is 30.4 Å². The van der Waals surface area contributed by atoms with Crippen molar-refractivity contribution in [2.75, 3.05) is 6.54 Å². The number of rotatable bonds is 3. The highest BCUT2D eigenvalue weighted by Crippen LogP contribution is 2.35. The van der Waals surface area contributed by atoms with Gasteiger partial charge in [-0.3, -0.25) is 0 Å². The molecule has 0 spiro atoms. The van der Waals surface area contributed by atoms with Gasteiger partial charge in [-0.05, 0) is 43.5 Å². The van der Waals surface area contributed by atoms with Crippen molar-refractivity contribution in [2.45, 2.75) is 37.1 Å². The van der Waals surface area contributed by atoms with Gasteiger partial charge in [0.15, 0.2) is 0 Å². The molecule has 1 saturated heterocycles. The number of sulfonamides is 1. The van der Waals surface area contributed by atoms with Crippen molar-refractivity contribution in [3.8, 4) is 0 Å². The normalized spacial score (nSPS) is 19.6. The topological polar surface area (TPSA) is 53.2 Å². The predicted molar refractivity (Wildman–Crippen MR) is 93.3 cm³/mol. The van der Waals surface area contributed by atoms with Gasteiger partial charge in [0.25, 0.3) is 0 Å². The minimum atomic E-state index is -3.49. The zero-order valence-corrected chi connectivity index (χ0v) is 14.7. The molecule has 1 atom stereocenters. The van der Waals surface area contributed by atoms with Gasteiger partial charge in [0.05, 0.1) is 10.9 Å². The first-order chi connectivity index (χ1) is 11.0. The number of piperidine rings is 1. The summed E-state index contributed by atoms with van der Waals surface area (Å²) in [6.45, 7) is 2.50. The molecule has 23 heavy (non-hydrogen) atoms. The third kappa shape index (κ3) is 3.39. The van der Waals surface area contributed by atoms with Crippen molar-refractivity contribution >= 4 is 22.2 Å². The zero-order chi connectivity index (χ0) is 16.4. The minimum Gasteiger partial charge on any atom is -0.353 e. The van der Waals surface area contributed by atoms with Crippen LogP contribution in [-0.2, 0) is 10.0 Å². The largest absolute Gasteiger partial charge is 0.353 e. The summed E-state index contributed by atoms with van der Waals surface area (Å²) >= 11 is 5.08. The third-order valence-corrected chi connectivity index (χ3v) is 6.45. The molecule has 1 aliphatic rings. The molecule has 0 aliphatic carbocycles. The molecule has 2 heterocycles. The Kier molecular flexibility index (Phi) is 4.66. The molecule has 122 valence electrons. The lowest BCUT2D eigenvalue weighted by Gasteiger charge is -2.34. The average molecular weight is 348 g/mol. The number of nitrogens with zero attached hydrogens (tertiary/aromatic N) is 1. The van der Waals surface area contributed by atoms with E-state index in [0.29, 0.717) is 16.1 Å². The van der Waals surface area contributed by atoms with Crippen molar-refractivity contribution in [2.24, 2.45) is 0 Å². The van der Waals surface area contributed by atoms with Gasteiger partial charge in [-0.1, -0.05) is 42.4 Å². The fourth-order valence-corrected chi connectivity index (χ4v) is 4.81. The van der Waals surface area contributed by atoms with Crippen LogP contribution in [0, 0.1) is 11.6 Å². The van der Waals surface area contributed by atoms with Crippen molar-refractivity contribution in [3.05, 3.63) is 58.4 Å². The van der Waals surface area contributed by atoms with E-state index < -0.39 is 10.0 Å². The summed E-state index contributed by atoms with van der Waals surface area (Å²) in [6.07, 6.45) is 4.58. The Labute approximate surface area is 142 Å². The second-order valence-corrected chi connectivity index (χ2v) is 8.26. The minimum absolute atomic E-state index is 0.137. The smallest absolute Gasteiger partial charge is 0.243 e. The van der Waals surface area contributed by atoms with Crippen LogP contribution in [0.1, 0.15) is 36.4 Å². The maximum absolute atomic E-state index is 13.0. The Hall–Kier alpha value is -1.50. The summed E-state index contributed by atoms with van der Waals surface area (Å²) in [6, 6.07) is 10.7. The molecule has 4 nitrogen and oxygen atoms in total. The van der Waals surface area contributed by atoms with Crippen LogP contribution in [0.5, 0.6) is 0 Å². The molecule has 2 aromatic rings. The van der Waals surface area contributed by atoms with Gasteiger partial charge in [0.1, 0.15) is 4.64 Å². The lowest BCUT2D eigenvalue weighted by molar-refractivity contribution is 0.255. The molecule has 1 N–H and O–H groups in total. The number of hydrogen-bond donors (Lipinski definition) is 1. The Morgan fingerprint density at radius 1 is 1.13 bits per heavy atom. The summed E-state index contributed by atoms with van der Waals surface area (Å²) < 4.78 is 28.4. The number of aromatic amines is 1. The summed E-state index contributed by atoms with van der Waals surface area (Å²) in [7, 11) is -3.49. The second kappa shape index (κ2) is 6.55. The van der Waals surface area contributed by atoms with Crippen LogP contribution in [0.2, 0.25) is 0 Å². The van der Waals surface area contributed by atoms with Crippen LogP contribution in [0.4, 0.5) is 0 Å². The maximum Gasteiger partial charge on any atom is 0.243 e. The lowest BCUT2D eigenvalue weighted by atomic mass is 9.99. The monoisotopic (exact) mass is 348 g/mol. The quantitative estimate of drug-likeness (QED) is 0.854. The summed E-state index contributed by atoms with van der Waals surface area (Å²) in [5, 5.41) is 0. The number of hydrogen-bond acceptors (Lipinski definition) is 3. The first-order valence-electron chi connectivity index (χ1n) is 7.75. The molecule has 1 aliphatic heterocycles. The Morgan fingerprint density at radius 3 is 2.52 bits per heavy atom. The van der Waals surface area contributed by atoms with E-state index in [1.165, 1.54) is 0 Å². The van der Waals surface area contributed by atoms with E-state index in [9.17, 15) is 8.42 Å². The van der Waals surface area contributed by atoms with Crippen LogP contribution >= 0.6 is 12.2 Å². The number of benzene rings is 1. The molecular formula is C17H20N2O2S2. The Bertz CT molecular complexity index is 821. The molecule has 1 aromatic carbocycles. The first-order valence-corrected chi connectivity index (χ1v) is 9.60. The first kappa shape index (κ1) is 16.4. The molecule has 0 unspecified atom stereocenters. The van der Waals surface area contributed by atoms with Crippen LogP contribution < -0.4 is 0 Å². The van der Waals surface area contributed by atoms with Gasteiger partial charge >= 0.3 is 0 Å². The van der Waals surface area contributed by atoms with Crippen molar-refractivity contribution in [3.63, 3.8) is 0 Å². The summed E-state index contributed by atoms with van der Waals surface area (Å²) in [5.74, 6) is 0. The van der Waals surface area contributed by atoms with E-state index in [1.807, 2.05) is 37.4 Å². The zero-order valence-electron chi connectivity index (χ0n) is 13.0. The van der Waals surface area contributed by atoms with Gasteiger partial charge in [0, 0.05) is 12.7 Å². The number of pyridine rings is 1. The van der Waals surface area contributed by atoms with E-state index in [-0.39, 0.29) is 6.04 Å². The Balaban J connectivity index is 1.99. The fraction of sp³-hybridized carbons (Fsp3) is 0.353. The molecule has 0 saturated carbocycles. The summed E-state index contributed by atoms with van der Waals surface area (Å²) in [4.78, 5) is 3.37. The van der Waals surface area contributed by atoms with Crippen molar-refractivity contribution in [1.82, 2.24) is 9.29 Å². The van der Waals surface area contributed by atoms with Gasteiger partial charge in [-0.15, -0.1) is 0 Å². The molecule has 0 radical (unpaired) electrons. The van der Waals surface area contributed by atoms with Crippen LogP contribution in [0.15, 0.2) is 47.5 Å². The van der Waals surface area contributed by atoms with Gasteiger partial charge in [-0.2, -0.15) is 4.31 Å². The number of aromatic nitrogens is 1. The highest BCUT2D eigenvalue weighted by molar-refractivity contribution is 7.89. The number of aryl methyl sites for hydroxylation is 1. The molecule has 1 aromatic heterocycles. The fourth-order valence-electron chi connectivity index (χ4n) is 3.00. The number of nitrogens with one attached hydrogen (secondary N) is 1. The van der Waals surface area contributed by atoms with E-state index in [2.05, 4.69) is 4.98 Å². The Morgan fingerprint density at radius 2 is 1.87 bits per heavy atom. The SMILES string of the molecule is Cc1ccc(S(=O)(=O)N2CCCC[C@H]2c2ccc(=S)[nH]c2)cc1. The molecule has 3 rings (SSSR count). The van der Waals surface area contributed by atoms with Crippen LogP contribution in [-0.4, -0.2) is 24.3 Å². The van der Waals surface area contributed by atoms with Crippen LogP contribution in [0.3, 0.4) is 0 Å². The van der Waals surface area contributed by atoms with Crippen LogP contribution in [0.25, 0.3) is 0 Å². The highest BCUT2D eigenvalue weighted by Gasteiger charge is 2.34. The van der Waals surface area contributed by atoms with E-state index in [1.54, 1.807) is 16.4 Å². The average Bonchev–Trinajstić information content (AvgIpc) is 2.56. The van der Waals surface area contributed by atoms with Crippen molar-refractivity contribution < 1.29 is 8.42 Å². The van der Waals surface area contributed by atoms with E-state index >= 15 is 0 Å². The van der Waals surface area contributed by atoms with Gasteiger partial charge in [-0.25, -0.2) is 8.42 Å². The molecular weight excluding hydrogens is 328 g/mol. The molecule has 1 fully saturated rings. The molecule has 0 bridgehead atoms. The molecule has 0 amide bonds. The maximum atomic E-state index is 13.0. The second-order valence-electron chi connectivity index (χ2n) is 5.93. The standard InChI is InChI=1S/C17H20N2O2S2/c1-13-5-8-15(9-6-13)23(20,21)19-11-3-2-4-16(19)14-7-10-17(22)18-12-14/h5-10,12,16H,2-4,11H2,1H3,(H,18,22)/t16-/m0/s1. The summed E-state index contributed by atoms with van der Waals surface area (Å²) in [5.41, 5.74) is 2.02. The molecule has 6 heteroatoms. The van der Waals surface area contributed by atoms with Crippen molar-refractivity contribution in [1.29, 1.82) is 0 Å². The third-order valence-electron chi connectivity index (χ3n) is 4.27. The van der Waals surface area contributed by atoms with E-state index in [4.69, 9.17) is 12.2 Å². The number of H-pyrrole nitrogens is 1. The predicted octanol–water partition coefficient (Wildman–Crippen LogP) is 3.97. The highest BCUT2D eigenvalue weighted by atomic mass is 32.2.